The maximum absolute atomic E-state index is 11.8. The number of hydrogen-bond donors (Lipinski definition) is 0. The summed E-state index contributed by atoms with van der Waals surface area (Å²) in [6.45, 7) is 2.38. The van der Waals surface area contributed by atoms with Gasteiger partial charge in [-0.2, -0.15) is 0 Å². The van der Waals surface area contributed by atoms with E-state index in [-0.39, 0.29) is 24.1 Å². The van der Waals surface area contributed by atoms with Gasteiger partial charge in [0.25, 0.3) is 0 Å². The van der Waals surface area contributed by atoms with Gasteiger partial charge in [0.2, 0.25) is 0 Å². The highest BCUT2D eigenvalue weighted by Crippen LogP contribution is 2.35. The number of rotatable bonds is 4. The lowest BCUT2D eigenvalue weighted by molar-refractivity contribution is -0.198. The Morgan fingerprint density at radius 1 is 1.38 bits per heavy atom. The molecular weight excluding hydrogens is 268 g/mol. The maximum Gasteiger partial charge on any atom is 0.330 e. The van der Waals surface area contributed by atoms with Crippen LogP contribution in [0.1, 0.15) is 18.9 Å². The van der Waals surface area contributed by atoms with Gasteiger partial charge in [-0.1, -0.05) is 36.4 Å². The van der Waals surface area contributed by atoms with Crippen molar-refractivity contribution < 1.29 is 19.0 Å². The summed E-state index contributed by atoms with van der Waals surface area (Å²) in [5.41, 5.74) is 1.25. The van der Waals surface area contributed by atoms with Gasteiger partial charge in [-0.15, -0.1) is 0 Å². The highest BCUT2D eigenvalue weighted by molar-refractivity contribution is 5.82. The van der Waals surface area contributed by atoms with Crippen molar-refractivity contribution in [1.29, 1.82) is 0 Å². The molecule has 1 aromatic rings. The number of carbonyl (C=O) groups excluding carboxylic acids is 1. The Labute approximate surface area is 124 Å². The minimum absolute atomic E-state index is 0.125. The molecule has 0 radical (unpaired) electrons. The molecule has 0 saturated carbocycles. The first-order chi connectivity index (χ1) is 10.3. The fourth-order valence-corrected chi connectivity index (χ4v) is 3.04. The van der Waals surface area contributed by atoms with Gasteiger partial charge in [0, 0.05) is 12.0 Å². The van der Waals surface area contributed by atoms with E-state index >= 15 is 0 Å². The molecule has 2 aliphatic heterocycles. The highest BCUT2D eigenvalue weighted by Gasteiger charge is 2.46. The van der Waals surface area contributed by atoms with Gasteiger partial charge >= 0.3 is 5.97 Å². The van der Waals surface area contributed by atoms with Crippen LogP contribution in [0.5, 0.6) is 0 Å². The van der Waals surface area contributed by atoms with Crippen LogP contribution < -0.4 is 0 Å². The van der Waals surface area contributed by atoms with Crippen molar-refractivity contribution in [3.05, 3.63) is 48.0 Å². The molecular formula is C17H20O4. The summed E-state index contributed by atoms with van der Waals surface area (Å²) in [6, 6.07) is 10.3. The van der Waals surface area contributed by atoms with Gasteiger partial charge in [-0.05, 0) is 25.3 Å². The van der Waals surface area contributed by atoms with E-state index in [4.69, 9.17) is 14.2 Å². The second-order valence-electron chi connectivity index (χ2n) is 5.55. The van der Waals surface area contributed by atoms with Gasteiger partial charge in [0.1, 0.15) is 0 Å². The molecule has 0 amide bonds. The van der Waals surface area contributed by atoms with Crippen molar-refractivity contribution in [2.24, 2.45) is 5.92 Å². The van der Waals surface area contributed by atoms with Crippen molar-refractivity contribution in [2.45, 2.75) is 38.3 Å². The Kier molecular flexibility index (Phi) is 4.36. The van der Waals surface area contributed by atoms with E-state index in [1.807, 2.05) is 18.2 Å². The fraction of sp³-hybridized carbons (Fsp3) is 0.471. The van der Waals surface area contributed by atoms with Crippen LogP contribution in [0, 0.1) is 5.92 Å². The number of hydrogen-bond acceptors (Lipinski definition) is 4. The van der Waals surface area contributed by atoms with E-state index in [2.05, 4.69) is 12.1 Å². The molecule has 2 fully saturated rings. The summed E-state index contributed by atoms with van der Waals surface area (Å²) in [4.78, 5) is 11.8. The summed E-state index contributed by atoms with van der Waals surface area (Å²) in [7, 11) is 0. The van der Waals surface area contributed by atoms with E-state index in [1.165, 1.54) is 11.6 Å². The molecule has 2 aliphatic rings. The van der Waals surface area contributed by atoms with Crippen LogP contribution in [0.4, 0.5) is 0 Å². The lowest BCUT2D eigenvalue weighted by Crippen LogP contribution is -2.44. The van der Waals surface area contributed by atoms with Crippen LogP contribution in [-0.2, 0) is 25.4 Å². The zero-order valence-electron chi connectivity index (χ0n) is 12.1. The molecule has 4 nitrogen and oxygen atoms in total. The molecule has 3 rings (SSSR count). The monoisotopic (exact) mass is 288 g/mol. The second-order valence-corrected chi connectivity index (χ2v) is 5.55. The topological polar surface area (TPSA) is 44.8 Å². The number of ether oxygens (including phenoxy) is 3. The van der Waals surface area contributed by atoms with Gasteiger partial charge < -0.3 is 14.2 Å². The van der Waals surface area contributed by atoms with Crippen molar-refractivity contribution in [1.82, 2.24) is 0 Å². The molecule has 4 atom stereocenters. The van der Waals surface area contributed by atoms with E-state index < -0.39 is 6.29 Å². The van der Waals surface area contributed by atoms with Crippen LogP contribution >= 0.6 is 0 Å². The Balaban J connectivity index is 1.73. The summed E-state index contributed by atoms with van der Waals surface area (Å²) >= 11 is 0. The standard InChI is InChI=1S/C17H20O4/c1-2-6-15(18)21-16-13(9-12-7-4-3-5-8-12)10-14-11-19-17(16)20-14/h2-8,13-14,16-17H,9-11H2,1H3/b6-2+/t13?,14-,16?,17+/m0/s1. The lowest BCUT2D eigenvalue weighted by Gasteiger charge is -2.34. The third kappa shape index (κ3) is 3.34. The molecule has 0 aromatic heterocycles. The lowest BCUT2D eigenvalue weighted by atomic mass is 9.87. The maximum atomic E-state index is 11.8. The van der Waals surface area contributed by atoms with E-state index in [0.29, 0.717) is 6.61 Å². The molecule has 0 aliphatic carbocycles. The highest BCUT2D eigenvalue weighted by atomic mass is 16.7. The third-order valence-electron chi connectivity index (χ3n) is 3.97. The van der Waals surface area contributed by atoms with Gasteiger partial charge in [-0.3, -0.25) is 0 Å². The molecule has 2 heterocycles. The number of esters is 1. The molecule has 4 heteroatoms. The SMILES string of the molecule is C/C=C/C(=O)OC1C(Cc2ccccc2)C[C@H]2CO[C@@H]1O2. The Hall–Kier alpha value is -1.65. The quantitative estimate of drug-likeness (QED) is 0.630. The van der Waals surface area contributed by atoms with Crippen LogP contribution in [0.3, 0.4) is 0 Å². The summed E-state index contributed by atoms with van der Waals surface area (Å²) in [5, 5.41) is 0. The van der Waals surface area contributed by atoms with Crippen LogP contribution in [0.2, 0.25) is 0 Å². The zero-order chi connectivity index (χ0) is 14.7. The average Bonchev–Trinajstić information content (AvgIpc) is 2.88. The molecule has 2 saturated heterocycles. The number of allylic oxidation sites excluding steroid dienone is 1. The first-order valence-corrected chi connectivity index (χ1v) is 7.40. The van der Waals surface area contributed by atoms with Gasteiger partial charge in [0.05, 0.1) is 12.7 Å². The first-order valence-electron chi connectivity index (χ1n) is 7.40. The first kappa shape index (κ1) is 14.3. The third-order valence-corrected chi connectivity index (χ3v) is 3.97. The van der Waals surface area contributed by atoms with Crippen LogP contribution in [-0.4, -0.2) is 31.1 Å². The zero-order valence-corrected chi connectivity index (χ0v) is 12.1. The predicted octanol–water partition coefficient (Wildman–Crippen LogP) is 2.48. The van der Waals surface area contributed by atoms with Crippen molar-refractivity contribution in [2.75, 3.05) is 6.61 Å². The molecule has 0 N–H and O–H groups in total. The average molecular weight is 288 g/mol. The van der Waals surface area contributed by atoms with Crippen molar-refractivity contribution in [3.8, 4) is 0 Å². The van der Waals surface area contributed by atoms with Crippen LogP contribution in [0.15, 0.2) is 42.5 Å². The molecule has 112 valence electrons. The van der Waals surface area contributed by atoms with Gasteiger partial charge in [0.15, 0.2) is 12.4 Å². The number of fused-ring (bicyclic) bond motifs is 2. The number of benzene rings is 1. The molecule has 2 bridgehead atoms. The Morgan fingerprint density at radius 2 is 2.19 bits per heavy atom. The normalized spacial score (nSPS) is 31.5. The summed E-state index contributed by atoms with van der Waals surface area (Å²) < 4.78 is 16.9. The van der Waals surface area contributed by atoms with Crippen molar-refractivity contribution >= 4 is 5.97 Å². The fourth-order valence-electron chi connectivity index (χ4n) is 3.04. The van der Waals surface area contributed by atoms with E-state index in [0.717, 1.165) is 12.8 Å². The van der Waals surface area contributed by atoms with Crippen molar-refractivity contribution in [3.63, 3.8) is 0 Å². The van der Waals surface area contributed by atoms with E-state index in [1.54, 1.807) is 13.0 Å². The molecule has 21 heavy (non-hydrogen) atoms. The molecule has 2 unspecified atom stereocenters. The largest absolute Gasteiger partial charge is 0.453 e. The van der Waals surface area contributed by atoms with Crippen LogP contribution in [0.25, 0.3) is 0 Å². The minimum atomic E-state index is -0.424. The minimum Gasteiger partial charge on any atom is -0.453 e. The summed E-state index contributed by atoms with van der Waals surface area (Å²) in [5.74, 6) is -0.106. The smallest absolute Gasteiger partial charge is 0.330 e. The second kappa shape index (κ2) is 6.41. The Morgan fingerprint density at radius 3 is 2.95 bits per heavy atom. The Bertz CT molecular complexity index is 511. The molecule has 0 spiro atoms. The van der Waals surface area contributed by atoms with E-state index in [9.17, 15) is 4.79 Å². The van der Waals surface area contributed by atoms with Gasteiger partial charge in [-0.25, -0.2) is 4.79 Å². The molecule has 1 aromatic carbocycles. The number of carbonyl (C=O) groups is 1. The summed E-state index contributed by atoms with van der Waals surface area (Å²) in [6.07, 6.45) is 4.20. The predicted molar refractivity (Wildman–Crippen MR) is 77.6 cm³/mol.